The molecule has 0 saturated carbocycles. The van der Waals surface area contributed by atoms with Crippen LogP contribution in [0.5, 0.6) is 0 Å². The monoisotopic (exact) mass is 236 g/mol. The number of nitrogens with one attached hydrogen (secondary N) is 1. The molecule has 0 saturated heterocycles. The fourth-order valence-electron chi connectivity index (χ4n) is 1.44. The van der Waals surface area contributed by atoms with E-state index in [4.69, 9.17) is 0 Å². The fourth-order valence-corrected chi connectivity index (χ4v) is 2.11. The van der Waals surface area contributed by atoms with E-state index in [1.807, 2.05) is 18.4 Å². The highest BCUT2D eigenvalue weighted by atomic mass is 32.1. The van der Waals surface area contributed by atoms with Gasteiger partial charge in [-0.25, -0.2) is 9.37 Å². The average molecular weight is 236 g/mol. The van der Waals surface area contributed by atoms with Crippen LogP contribution >= 0.6 is 11.3 Å². The predicted octanol–water partition coefficient (Wildman–Crippen LogP) is 3.13. The molecule has 0 radical (unpaired) electrons. The number of hydrogen-bond acceptors (Lipinski definition) is 3. The molecule has 0 fully saturated rings. The Kier molecular flexibility index (Phi) is 3.64. The SMILES string of the molecule is CC(NCc1ccccc1F)c1nccs1. The Labute approximate surface area is 98.2 Å². The summed E-state index contributed by atoms with van der Waals surface area (Å²) >= 11 is 1.60. The first-order valence-electron chi connectivity index (χ1n) is 5.13. The van der Waals surface area contributed by atoms with Crippen molar-refractivity contribution in [3.05, 3.63) is 52.2 Å². The van der Waals surface area contributed by atoms with E-state index in [0.717, 1.165) is 5.01 Å². The molecule has 0 spiro atoms. The van der Waals surface area contributed by atoms with E-state index in [1.165, 1.54) is 6.07 Å². The van der Waals surface area contributed by atoms with E-state index < -0.39 is 0 Å². The van der Waals surface area contributed by atoms with Crippen LogP contribution in [0, 0.1) is 5.82 Å². The molecule has 2 nitrogen and oxygen atoms in total. The molecule has 2 aromatic rings. The summed E-state index contributed by atoms with van der Waals surface area (Å²) in [5, 5.41) is 6.22. The lowest BCUT2D eigenvalue weighted by atomic mass is 10.2. The number of halogens is 1. The molecule has 1 aromatic carbocycles. The maximum absolute atomic E-state index is 13.3. The summed E-state index contributed by atoms with van der Waals surface area (Å²) in [7, 11) is 0. The topological polar surface area (TPSA) is 24.9 Å². The second-order valence-electron chi connectivity index (χ2n) is 3.56. The van der Waals surface area contributed by atoms with Crippen molar-refractivity contribution in [1.82, 2.24) is 10.3 Å². The van der Waals surface area contributed by atoms with Gasteiger partial charge in [-0.05, 0) is 13.0 Å². The number of nitrogens with zero attached hydrogens (tertiary/aromatic N) is 1. The largest absolute Gasteiger partial charge is 0.304 e. The maximum Gasteiger partial charge on any atom is 0.127 e. The van der Waals surface area contributed by atoms with Gasteiger partial charge in [-0.1, -0.05) is 18.2 Å². The van der Waals surface area contributed by atoms with E-state index in [9.17, 15) is 4.39 Å². The van der Waals surface area contributed by atoms with E-state index in [0.29, 0.717) is 12.1 Å². The molecule has 1 heterocycles. The molecule has 0 amide bonds. The van der Waals surface area contributed by atoms with Crippen molar-refractivity contribution in [3.8, 4) is 0 Å². The third kappa shape index (κ3) is 2.65. The van der Waals surface area contributed by atoms with Crippen LogP contribution in [0.15, 0.2) is 35.8 Å². The maximum atomic E-state index is 13.3. The highest BCUT2D eigenvalue weighted by molar-refractivity contribution is 7.09. The number of aromatic nitrogens is 1. The molecular weight excluding hydrogens is 223 g/mol. The molecule has 1 atom stereocenters. The van der Waals surface area contributed by atoms with Gasteiger partial charge in [0.25, 0.3) is 0 Å². The average Bonchev–Trinajstić information content (AvgIpc) is 2.81. The standard InChI is InChI=1S/C12H13FN2S/c1-9(12-14-6-7-16-12)15-8-10-4-2-3-5-11(10)13/h2-7,9,15H,8H2,1H3. The Morgan fingerprint density at radius 1 is 1.44 bits per heavy atom. The Balaban J connectivity index is 1.95. The normalized spacial score (nSPS) is 12.6. The molecule has 1 aromatic heterocycles. The summed E-state index contributed by atoms with van der Waals surface area (Å²) < 4.78 is 13.3. The number of thiazole rings is 1. The predicted molar refractivity (Wildman–Crippen MR) is 63.8 cm³/mol. The molecule has 0 aliphatic rings. The molecular formula is C12H13FN2S. The van der Waals surface area contributed by atoms with Gasteiger partial charge in [-0.15, -0.1) is 11.3 Å². The summed E-state index contributed by atoms with van der Waals surface area (Å²) in [5.41, 5.74) is 0.686. The highest BCUT2D eigenvalue weighted by Gasteiger charge is 2.08. The summed E-state index contributed by atoms with van der Waals surface area (Å²) in [4.78, 5) is 4.21. The van der Waals surface area contributed by atoms with E-state index in [2.05, 4.69) is 10.3 Å². The third-order valence-corrected chi connectivity index (χ3v) is 3.34. The molecule has 1 unspecified atom stereocenters. The van der Waals surface area contributed by atoms with Crippen LogP contribution in [0.3, 0.4) is 0 Å². The van der Waals surface area contributed by atoms with Crippen molar-refractivity contribution in [2.75, 3.05) is 0 Å². The van der Waals surface area contributed by atoms with Crippen molar-refractivity contribution in [3.63, 3.8) is 0 Å². The van der Waals surface area contributed by atoms with Gasteiger partial charge in [-0.2, -0.15) is 0 Å². The van der Waals surface area contributed by atoms with Crippen LogP contribution in [0.2, 0.25) is 0 Å². The molecule has 4 heteroatoms. The number of rotatable bonds is 4. The zero-order valence-electron chi connectivity index (χ0n) is 8.98. The van der Waals surface area contributed by atoms with Crippen LogP contribution < -0.4 is 5.32 Å². The smallest absolute Gasteiger partial charge is 0.127 e. The summed E-state index contributed by atoms with van der Waals surface area (Å²) in [6.07, 6.45) is 1.78. The highest BCUT2D eigenvalue weighted by Crippen LogP contribution is 2.15. The van der Waals surface area contributed by atoms with Crippen LogP contribution in [-0.2, 0) is 6.54 Å². The molecule has 84 valence electrons. The summed E-state index contributed by atoms with van der Waals surface area (Å²) in [5.74, 6) is -0.165. The minimum absolute atomic E-state index is 0.152. The second-order valence-corrected chi connectivity index (χ2v) is 4.49. The van der Waals surface area contributed by atoms with E-state index in [-0.39, 0.29) is 11.9 Å². The van der Waals surface area contributed by atoms with Gasteiger partial charge in [0.05, 0.1) is 6.04 Å². The van der Waals surface area contributed by atoms with Gasteiger partial charge in [0, 0.05) is 23.7 Å². The first kappa shape index (κ1) is 11.2. The Morgan fingerprint density at radius 2 is 2.25 bits per heavy atom. The number of benzene rings is 1. The van der Waals surface area contributed by atoms with Gasteiger partial charge in [0.2, 0.25) is 0 Å². The van der Waals surface area contributed by atoms with Gasteiger partial charge in [0.15, 0.2) is 0 Å². The van der Waals surface area contributed by atoms with E-state index in [1.54, 1.807) is 29.7 Å². The van der Waals surface area contributed by atoms with Crippen molar-refractivity contribution < 1.29 is 4.39 Å². The number of hydrogen-bond donors (Lipinski definition) is 1. The van der Waals surface area contributed by atoms with Gasteiger partial charge in [0.1, 0.15) is 10.8 Å². The molecule has 0 bridgehead atoms. The van der Waals surface area contributed by atoms with Crippen LogP contribution in [-0.4, -0.2) is 4.98 Å². The zero-order chi connectivity index (χ0) is 11.4. The van der Waals surface area contributed by atoms with Gasteiger partial charge < -0.3 is 5.32 Å². The second kappa shape index (κ2) is 5.18. The van der Waals surface area contributed by atoms with Gasteiger partial charge in [-0.3, -0.25) is 0 Å². The summed E-state index contributed by atoms with van der Waals surface area (Å²) in [6.45, 7) is 2.55. The quantitative estimate of drug-likeness (QED) is 0.882. The molecule has 16 heavy (non-hydrogen) atoms. The lowest BCUT2D eigenvalue weighted by Crippen LogP contribution is -2.18. The lowest BCUT2D eigenvalue weighted by Gasteiger charge is -2.11. The van der Waals surface area contributed by atoms with Crippen molar-refractivity contribution >= 4 is 11.3 Å². The summed E-state index contributed by atoms with van der Waals surface area (Å²) in [6, 6.07) is 6.96. The van der Waals surface area contributed by atoms with Crippen LogP contribution in [0.4, 0.5) is 4.39 Å². The Morgan fingerprint density at radius 3 is 2.94 bits per heavy atom. The Hall–Kier alpha value is -1.26. The zero-order valence-corrected chi connectivity index (χ0v) is 9.80. The molecule has 0 aliphatic carbocycles. The minimum Gasteiger partial charge on any atom is -0.304 e. The van der Waals surface area contributed by atoms with E-state index >= 15 is 0 Å². The lowest BCUT2D eigenvalue weighted by molar-refractivity contribution is 0.542. The van der Waals surface area contributed by atoms with Crippen LogP contribution in [0.25, 0.3) is 0 Å². The van der Waals surface area contributed by atoms with Crippen molar-refractivity contribution in [1.29, 1.82) is 0 Å². The molecule has 1 N–H and O–H groups in total. The fraction of sp³-hybridized carbons (Fsp3) is 0.250. The molecule has 0 aliphatic heterocycles. The minimum atomic E-state index is -0.165. The molecule has 2 rings (SSSR count). The first-order valence-corrected chi connectivity index (χ1v) is 6.01. The van der Waals surface area contributed by atoms with Crippen molar-refractivity contribution in [2.24, 2.45) is 0 Å². The van der Waals surface area contributed by atoms with Gasteiger partial charge >= 0.3 is 0 Å². The first-order chi connectivity index (χ1) is 7.77. The third-order valence-electron chi connectivity index (χ3n) is 2.38. The Bertz CT molecular complexity index is 442. The van der Waals surface area contributed by atoms with Crippen molar-refractivity contribution in [2.45, 2.75) is 19.5 Å². The van der Waals surface area contributed by atoms with Crippen LogP contribution in [0.1, 0.15) is 23.5 Å².